The highest BCUT2D eigenvalue weighted by molar-refractivity contribution is 7.89. The topological polar surface area (TPSA) is 91.5 Å². The van der Waals surface area contributed by atoms with Gasteiger partial charge in [-0.25, -0.2) is 8.42 Å². The lowest BCUT2D eigenvalue weighted by Crippen LogP contribution is -2.30. The van der Waals surface area contributed by atoms with Gasteiger partial charge in [0.1, 0.15) is 5.75 Å². The molecule has 0 fully saturated rings. The van der Waals surface area contributed by atoms with Gasteiger partial charge < -0.3 is 15.0 Å². The minimum absolute atomic E-state index is 0.120. The summed E-state index contributed by atoms with van der Waals surface area (Å²) in [6.45, 7) is 8.06. The molecule has 0 unspecified atom stereocenters. The number of amides is 1. The molecular formula is C23H29N3O4S. The van der Waals surface area contributed by atoms with Crippen molar-refractivity contribution < 1.29 is 17.9 Å². The number of ether oxygens (including phenoxy) is 1. The van der Waals surface area contributed by atoms with Gasteiger partial charge >= 0.3 is 0 Å². The van der Waals surface area contributed by atoms with Crippen LogP contribution in [0.1, 0.15) is 33.3 Å². The molecule has 0 saturated carbocycles. The molecule has 0 atom stereocenters. The third kappa shape index (κ3) is 5.08. The van der Waals surface area contributed by atoms with E-state index in [1.54, 1.807) is 19.9 Å². The maximum Gasteiger partial charge on any atom is 0.243 e. The third-order valence-corrected chi connectivity index (χ3v) is 7.00. The van der Waals surface area contributed by atoms with E-state index in [1.165, 1.54) is 16.4 Å². The molecule has 166 valence electrons. The smallest absolute Gasteiger partial charge is 0.243 e. The number of carbonyl (C=O) groups is 1. The van der Waals surface area contributed by atoms with E-state index in [4.69, 9.17) is 4.74 Å². The minimum Gasteiger partial charge on any atom is -0.489 e. The molecule has 1 heterocycles. The normalized spacial score (nSPS) is 11.9. The summed E-state index contributed by atoms with van der Waals surface area (Å²) in [5.74, 6) is 0.177. The van der Waals surface area contributed by atoms with Gasteiger partial charge in [-0.1, -0.05) is 32.0 Å². The zero-order valence-electron chi connectivity index (χ0n) is 18.3. The predicted octanol–water partition coefficient (Wildman–Crippen LogP) is 4.17. The van der Waals surface area contributed by atoms with Crippen molar-refractivity contribution in [3.63, 3.8) is 0 Å². The van der Waals surface area contributed by atoms with Gasteiger partial charge in [0.25, 0.3) is 0 Å². The first kappa shape index (κ1) is 22.8. The Labute approximate surface area is 183 Å². The van der Waals surface area contributed by atoms with Gasteiger partial charge in [0.15, 0.2) is 0 Å². The van der Waals surface area contributed by atoms with Crippen LogP contribution < -0.4 is 10.1 Å². The summed E-state index contributed by atoms with van der Waals surface area (Å²) in [7, 11) is -3.66. The van der Waals surface area contributed by atoms with E-state index in [9.17, 15) is 13.2 Å². The Balaban J connectivity index is 1.90. The summed E-state index contributed by atoms with van der Waals surface area (Å²) >= 11 is 0. The molecule has 3 rings (SSSR count). The number of H-pyrrole nitrogens is 1. The Hall–Kier alpha value is -2.84. The van der Waals surface area contributed by atoms with Crippen LogP contribution in [0.15, 0.2) is 53.6 Å². The lowest BCUT2D eigenvalue weighted by Gasteiger charge is -2.20. The molecule has 3 aromatic rings. The number of sulfonamides is 1. The second-order valence-electron chi connectivity index (χ2n) is 7.50. The van der Waals surface area contributed by atoms with Crippen LogP contribution in [-0.2, 0) is 21.2 Å². The lowest BCUT2D eigenvalue weighted by atomic mass is 10.1. The number of para-hydroxylation sites is 1. The highest BCUT2D eigenvalue weighted by Gasteiger charge is 2.23. The average Bonchev–Trinajstić information content (AvgIpc) is 3.12. The van der Waals surface area contributed by atoms with Gasteiger partial charge in [-0.3, -0.25) is 4.79 Å². The molecule has 0 spiro atoms. The molecular weight excluding hydrogens is 414 g/mol. The molecule has 2 aromatic carbocycles. The third-order valence-electron chi connectivity index (χ3n) is 4.96. The van der Waals surface area contributed by atoms with E-state index in [0.29, 0.717) is 24.5 Å². The summed E-state index contributed by atoms with van der Waals surface area (Å²) in [4.78, 5) is 16.1. The van der Waals surface area contributed by atoms with E-state index in [0.717, 1.165) is 16.5 Å². The Morgan fingerprint density at radius 1 is 1.13 bits per heavy atom. The highest BCUT2D eigenvalue weighted by atomic mass is 32.2. The van der Waals surface area contributed by atoms with Gasteiger partial charge in [-0.15, -0.1) is 0 Å². The molecule has 7 nitrogen and oxygen atoms in total. The fourth-order valence-corrected chi connectivity index (χ4v) is 4.97. The van der Waals surface area contributed by atoms with Gasteiger partial charge in [-0.2, -0.15) is 4.31 Å². The van der Waals surface area contributed by atoms with Crippen molar-refractivity contribution in [2.75, 3.05) is 18.4 Å². The van der Waals surface area contributed by atoms with Crippen LogP contribution in [0.4, 0.5) is 5.69 Å². The monoisotopic (exact) mass is 443 g/mol. The van der Waals surface area contributed by atoms with Crippen molar-refractivity contribution in [1.82, 2.24) is 9.29 Å². The fraction of sp³-hybridized carbons (Fsp3) is 0.348. The zero-order chi connectivity index (χ0) is 22.6. The van der Waals surface area contributed by atoms with Crippen molar-refractivity contribution in [3.8, 4) is 5.75 Å². The van der Waals surface area contributed by atoms with Crippen LogP contribution >= 0.6 is 0 Å². The first-order chi connectivity index (χ1) is 14.8. The standard InChI is InChI=1S/C23H29N3O4S/c1-5-26(6-2)31(28,29)18-11-12-22(30-16(3)4)21(14-18)25-23(27)13-17-15-24-20-10-8-7-9-19(17)20/h7-12,14-16,24H,5-6,13H2,1-4H3,(H,25,27). The number of nitrogens with one attached hydrogen (secondary N) is 2. The van der Waals surface area contributed by atoms with E-state index >= 15 is 0 Å². The molecule has 2 N–H and O–H groups in total. The molecule has 8 heteroatoms. The van der Waals surface area contributed by atoms with Crippen molar-refractivity contribution in [2.45, 2.75) is 45.1 Å². The molecule has 31 heavy (non-hydrogen) atoms. The number of aromatic amines is 1. The number of fused-ring (bicyclic) bond motifs is 1. The number of benzene rings is 2. The Kier molecular flexibility index (Phi) is 7.02. The molecule has 0 bridgehead atoms. The summed E-state index contributed by atoms with van der Waals surface area (Å²) in [6.07, 6.45) is 1.84. The Bertz CT molecular complexity index is 1160. The highest BCUT2D eigenvalue weighted by Crippen LogP contribution is 2.30. The van der Waals surface area contributed by atoms with Gasteiger partial charge in [-0.05, 0) is 43.7 Å². The summed E-state index contributed by atoms with van der Waals surface area (Å²) < 4.78 is 33.1. The lowest BCUT2D eigenvalue weighted by molar-refractivity contribution is -0.115. The Morgan fingerprint density at radius 2 is 1.84 bits per heavy atom. The number of hydrogen-bond donors (Lipinski definition) is 2. The summed E-state index contributed by atoms with van der Waals surface area (Å²) in [5, 5.41) is 3.83. The number of nitrogens with zero attached hydrogens (tertiary/aromatic N) is 1. The van der Waals surface area contributed by atoms with E-state index in [-0.39, 0.29) is 23.3 Å². The molecule has 0 aliphatic carbocycles. The van der Waals surface area contributed by atoms with Crippen LogP contribution in [0.3, 0.4) is 0 Å². The van der Waals surface area contributed by atoms with Crippen LogP contribution in [0.5, 0.6) is 5.75 Å². The maximum atomic E-state index is 12.9. The fourth-order valence-electron chi connectivity index (χ4n) is 3.48. The van der Waals surface area contributed by atoms with Crippen LogP contribution in [0.2, 0.25) is 0 Å². The average molecular weight is 444 g/mol. The number of hydrogen-bond acceptors (Lipinski definition) is 4. The number of aromatic nitrogens is 1. The van der Waals surface area contributed by atoms with Crippen LogP contribution in [0, 0.1) is 0 Å². The van der Waals surface area contributed by atoms with Gasteiger partial charge in [0.2, 0.25) is 15.9 Å². The maximum absolute atomic E-state index is 12.9. The van der Waals surface area contributed by atoms with Gasteiger partial charge in [0, 0.05) is 30.2 Å². The zero-order valence-corrected chi connectivity index (χ0v) is 19.1. The predicted molar refractivity (Wildman–Crippen MR) is 123 cm³/mol. The van der Waals surface area contributed by atoms with Crippen molar-refractivity contribution >= 4 is 32.5 Å². The van der Waals surface area contributed by atoms with E-state index in [2.05, 4.69) is 10.3 Å². The quantitative estimate of drug-likeness (QED) is 0.519. The van der Waals surface area contributed by atoms with Crippen LogP contribution in [-0.4, -0.2) is 42.8 Å². The van der Waals surface area contributed by atoms with Crippen molar-refractivity contribution in [3.05, 3.63) is 54.2 Å². The second-order valence-corrected chi connectivity index (χ2v) is 9.44. The number of anilines is 1. The van der Waals surface area contributed by atoms with Crippen LogP contribution in [0.25, 0.3) is 10.9 Å². The van der Waals surface area contributed by atoms with Gasteiger partial charge in [0.05, 0.1) is 23.1 Å². The minimum atomic E-state index is -3.66. The molecule has 0 saturated heterocycles. The Morgan fingerprint density at radius 3 is 2.52 bits per heavy atom. The molecule has 0 radical (unpaired) electrons. The SMILES string of the molecule is CCN(CC)S(=O)(=O)c1ccc(OC(C)C)c(NC(=O)Cc2c[nH]c3ccccc23)c1. The number of carbonyl (C=O) groups excluding carboxylic acids is 1. The van der Waals surface area contributed by atoms with Crippen molar-refractivity contribution in [1.29, 1.82) is 0 Å². The first-order valence-electron chi connectivity index (χ1n) is 10.4. The largest absolute Gasteiger partial charge is 0.489 e. The summed E-state index contributed by atoms with van der Waals surface area (Å²) in [6, 6.07) is 12.3. The van der Waals surface area contributed by atoms with E-state index in [1.807, 2.05) is 44.3 Å². The molecule has 0 aliphatic heterocycles. The molecule has 0 aliphatic rings. The second kappa shape index (κ2) is 9.53. The van der Waals surface area contributed by atoms with Crippen molar-refractivity contribution in [2.24, 2.45) is 0 Å². The summed E-state index contributed by atoms with van der Waals surface area (Å²) in [5.41, 5.74) is 2.17. The first-order valence-corrected chi connectivity index (χ1v) is 11.9. The molecule has 1 amide bonds. The van der Waals surface area contributed by atoms with E-state index < -0.39 is 10.0 Å². The number of rotatable bonds is 9. The molecule has 1 aromatic heterocycles.